The van der Waals surface area contributed by atoms with Gasteiger partial charge in [-0.25, -0.2) is 4.98 Å². The average molecular weight is 258 g/mol. The monoisotopic (exact) mass is 257 g/mol. The van der Waals surface area contributed by atoms with Gasteiger partial charge >= 0.3 is 0 Å². The lowest BCUT2D eigenvalue weighted by Gasteiger charge is -2.21. The minimum Gasteiger partial charge on any atom is -0.397 e. The zero-order valence-electron chi connectivity index (χ0n) is 10.1. The Morgan fingerprint density at radius 3 is 2.94 bits per heavy atom. The molecule has 0 saturated carbocycles. The number of halogens is 1. The number of nitrogen functional groups attached to an aromatic ring is 1. The van der Waals surface area contributed by atoms with Crippen LogP contribution in [0.5, 0.6) is 0 Å². The predicted octanol–water partition coefficient (Wildman–Crippen LogP) is 1.42. The number of pyridine rings is 1. The number of amides is 1. The summed E-state index contributed by atoms with van der Waals surface area (Å²) >= 11 is 5.74. The number of anilines is 1. The second-order valence-corrected chi connectivity index (χ2v) is 4.21. The third-order valence-corrected chi connectivity index (χ3v) is 2.62. The van der Waals surface area contributed by atoms with E-state index >= 15 is 0 Å². The van der Waals surface area contributed by atoms with Gasteiger partial charge < -0.3 is 15.4 Å². The summed E-state index contributed by atoms with van der Waals surface area (Å²) in [6, 6.07) is 1.47. The second kappa shape index (κ2) is 5.84. The molecular weight excluding hydrogens is 242 g/mol. The van der Waals surface area contributed by atoms with Crippen molar-refractivity contribution in [2.24, 2.45) is 0 Å². The number of nitrogens with zero attached hydrogens (tertiary/aromatic N) is 2. The number of ether oxygens (including phenoxy) is 1. The molecule has 2 N–H and O–H groups in total. The van der Waals surface area contributed by atoms with E-state index in [0.29, 0.717) is 17.8 Å². The Kier molecular flexibility index (Phi) is 4.72. The Hall–Kier alpha value is -1.33. The highest BCUT2D eigenvalue weighted by Gasteiger charge is 2.17. The number of hydrogen-bond donors (Lipinski definition) is 1. The summed E-state index contributed by atoms with van der Waals surface area (Å²) in [4.78, 5) is 17.4. The van der Waals surface area contributed by atoms with E-state index < -0.39 is 0 Å². The van der Waals surface area contributed by atoms with E-state index in [1.807, 2.05) is 6.92 Å². The maximum absolute atomic E-state index is 12.1. The number of nitrogens with two attached hydrogens (primary N) is 1. The van der Waals surface area contributed by atoms with Crippen molar-refractivity contribution in [2.45, 2.75) is 13.0 Å². The first-order valence-electron chi connectivity index (χ1n) is 5.15. The molecule has 1 aromatic rings. The summed E-state index contributed by atoms with van der Waals surface area (Å²) in [6.07, 6.45) is 1.34. The summed E-state index contributed by atoms with van der Waals surface area (Å²) < 4.78 is 5.10. The number of carbonyl (C=O) groups is 1. The molecule has 5 nitrogen and oxygen atoms in total. The van der Waals surface area contributed by atoms with Gasteiger partial charge in [-0.05, 0) is 13.0 Å². The average Bonchev–Trinajstić information content (AvgIpc) is 2.31. The van der Waals surface area contributed by atoms with Crippen LogP contribution in [0, 0.1) is 0 Å². The minimum atomic E-state index is -0.198. The molecule has 0 bridgehead atoms. The topological polar surface area (TPSA) is 68.5 Å². The molecule has 6 heteroatoms. The molecule has 94 valence electrons. The molecule has 1 atom stereocenters. The Bertz CT molecular complexity index is 412. The Morgan fingerprint density at radius 1 is 1.71 bits per heavy atom. The number of aromatic nitrogens is 1. The maximum Gasteiger partial charge on any atom is 0.255 e. The fourth-order valence-electron chi connectivity index (χ4n) is 1.37. The van der Waals surface area contributed by atoms with Crippen LogP contribution in [0.1, 0.15) is 17.3 Å². The standard InChI is InChI=1S/C11H16ClN3O2/c1-7(17-3)6-15(2)11(16)8-4-10(12)14-5-9(8)13/h4-5,7H,6,13H2,1-3H3. The van der Waals surface area contributed by atoms with Gasteiger partial charge in [0.25, 0.3) is 5.91 Å². The molecule has 1 aromatic heterocycles. The SMILES string of the molecule is COC(C)CN(C)C(=O)c1cc(Cl)ncc1N. The summed E-state index contributed by atoms with van der Waals surface area (Å²) in [5, 5.41) is 0.246. The van der Waals surface area contributed by atoms with E-state index in [-0.39, 0.29) is 17.2 Å². The van der Waals surface area contributed by atoms with Gasteiger partial charge in [-0.1, -0.05) is 11.6 Å². The molecule has 0 fully saturated rings. The van der Waals surface area contributed by atoms with Crippen LogP contribution in [-0.4, -0.2) is 42.6 Å². The van der Waals surface area contributed by atoms with E-state index in [1.165, 1.54) is 17.2 Å². The van der Waals surface area contributed by atoms with Crippen LogP contribution >= 0.6 is 11.6 Å². The lowest BCUT2D eigenvalue weighted by molar-refractivity contribution is 0.0600. The molecule has 0 spiro atoms. The molecule has 0 aromatic carbocycles. The van der Waals surface area contributed by atoms with Gasteiger partial charge in [-0.3, -0.25) is 4.79 Å². The molecule has 1 amide bonds. The van der Waals surface area contributed by atoms with Crippen molar-refractivity contribution < 1.29 is 9.53 Å². The van der Waals surface area contributed by atoms with Crippen LogP contribution in [0.25, 0.3) is 0 Å². The quantitative estimate of drug-likeness (QED) is 0.829. The first-order valence-corrected chi connectivity index (χ1v) is 5.52. The fourth-order valence-corrected chi connectivity index (χ4v) is 1.53. The van der Waals surface area contributed by atoms with Gasteiger partial charge in [0.1, 0.15) is 5.15 Å². The molecule has 1 unspecified atom stereocenters. The van der Waals surface area contributed by atoms with Crippen molar-refractivity contribution in [1.82, 2.24) is 9.88 Å². The lowest BCUT2D eigenvalue weighted by Crippen LogP contribution is -2.34. The molecular formula is C11H16ClN3O2. The van der Waals surface area contributed by atoms with E-state index in [4.69, 9.17) is 22.1 Å². The van der Waals surface area contributed by atoms with Crippen LogP contribution in [0.15, 0.2) is 12.3 Å². The van der Waals surface area contributed by atoms with Gasteiger partial charge in [0, 0.05) is 20.7 Å². The van der Waals surface area contributed by atoms with Crippen LogP contribution in [0.2, 0.25) is 5.15 Å². The van der Waals surface area contributed by atoms with Gasteiger partial charge in [-0.2, -0.15) is 0 Å². The smallest absolute Gasteiger partial charge is 0.255 e. The molecule has 0 saturated heterocycles. The summed E-state index contributed by atoms with van der Waals surface area (Å²) in [5.41, 5.74) is 6.36. The summed E-state index contributed by atoms with van der Waals surface area (Å²) in [5.74, 6) is -0.198. The highest BCUT2D eigenvalue weighted by atomic mass is 35.5. The van der Waals surface area contributed by atoms with Crippen LogP contribution in [0.3, 0.4) is 0 Å². The van der Waals surface area contributed by atoms with E-state index in [1.54, 1.807) is 14.2 Å². The van der Waals surface area contributed by atoms with Crippen molar-refractivity contribution in [1.29, 1.82) is 0 Å². The summed E-state index contributed by atoms with van der Waals surface area (Å²) in [6.45, 7) is 2.36. The lowest BCUT2D eigenvalue weighted by atomic mass is 10.2. The molecule has 1 heterocycles. The maximum atomic E-state index is 12.1. The first kappa shape index (κ1) is 13.7. The zero-order chi connectivity index (χ0) is 13.0. The van der Waals surface area contributed by atoms with E-state index in [2.05, 4.69) is 4.98 Å². The third-order valence-electron chi connectivity index (χ3n) is 2.41. The van der Waals surface area contributed by atoms with Crippen molar-refractivity contribution in [3.63, 3.8) is 0 Å². The summed E-state index contributed by atoms with van der Waals surface area (Å²) in [7, 11) is 3.28. The van der Waals surface area contributed by atoms with Crippen LogP contribution in [-0.2, 0) is 4.74 Å². The van der Waals surface area contributed by atoms with Gasteiger partial charge in [0.2, 0.25) is 0 Å². The van der Waals surface area contributed by atoms with Crippen LogP contribution < -0.4 is 5.73 Å². The van der Waals surface area contributed by atoms with E-state index in [9.17, 15) is 4.79 Å². The zero-order valence-corrected chi connectivity index (χ0v) is 10.9. The molecule has 17 heavy (non-hydrogen) atoms. The van der Waals surface area contributed by atoms with E-state index in [0.717, 1.165) is 0 Å². The largest absolute Gasteiger partial charge is 0.397 e. The normalized spacial score (nSPS) is 12.2. The van der Waals surface area contributed by atoms with Gasteiger partial charge in [-0.15, -0.1) is 0 Å². The fraction of sp³-hybridized carbons (Fsp3) is 0.455. The van der Waals surface area contributed by atoms with Crippen molar-refractivity contribution in [3.8, 4) is 0 Å². The number of likely N-dealkylation sites (N-methyl/N-ethyl adjacent to an activating group) is 1. The number of methoxy groups -OCH3 is 1. The Balaban J connectivity index is 2.85. The highest BCUT2D eigenvalue weighted by molar-refractivity contribution is 6.29. The van der Waals surface area contributed by atoms with Gasteiger partial charge in [0.15, 0.2) is 0 Å². The molecule has 1 rings (SSSR count). The van der Waals surface area contributed by atoms with Crippen LogP contribution in [0.4, 0.5) is 5.69 Å². The predicted molar refractivity (Wildman–Crippen MR) is 67.1 cm³/mol. The number of hydrogen-bond acceptors (Lipinski definition) is 4. The Labute approximate surface area is 106 Å². The Morgan fingerprint density at radius 2 is 2.35 bits per heavy atom. The highest BCUT2D eigenvalue weighted by Crippen LogP contribution is 2.16. The minimum absolute atomic E-state index is 0.0394. The molecule has 0 radical (unpaired) electrons. The van der Waals surface area contributed by atoms with Crippen molar-refractivity contribution in [3.05, 3.63) is 23.0 Å². The molecule has 0 aliphatic heterocycles. The third kappa shape index (κ3) is 3.57. The first-order chi connectivity index (χ1) is 7.95. The van der Waals surface area contributed by atoms with Crippen molar-refractivity contribution >= 4 is 23.2 Å². The number of rotatable bonds is 4. The molecule has 0 aliphatic rings. The molecule has 0 aliphatic carbocycles. The number of carbonyl (C=O) groups excluding carboxylic acids is 1. The van der Waals surface area contributed by atoms with Gasteiger partial charge in [0.05, 0.1) is 23.6 Å². The second-order valence-electron chi connectivity index (χ2n) is 3.83. The van der Waals surface area contributed by atoms with Crippen molar-refractivity contribution in [2.75, 3.05) is 26.4 Å².